The maximum Gasteiger partial charge on any atom is 0.416 e. The SMILES string of the molecule is CC(C)(N)c1nc2cc(C(F)(F)F)ccc2o1. The third-order valence-corrected chi connectivity index (χ3v) is 2.27. The Kier molecular flexibility index (Phi) is 2.43. The van der Waals surface area contributed by atoms with Gasteiger partial charge in [-0.2, -0.15) is 13.2 Å². The molecule has 0 aliphatic rings. The molecule has 0 unspecified atom stereocenters. The molecule has 17 heavy (non-hydrogen) atoms. The Morgan fingerprint density at radius 2 is 1.88 bits per heavy atom. The fourth-order valence-corrected chi connectivity index (χ4v) is 1.38. The molecule has 2 aromatic rings. The molecule has 0 atom stereocenters. The Balaban J connectivity index is 2.56. The molecule has 0 saturated carbocycles. The summed E-state index contributed by atoms with van der Waals surface area (Å²) < 4.78 is 42.7. The van der Waals surface area contributed by atoms with Crippen molar-refractivity contribution >= 4 is 11.1 Å². The number of hydrogen-bond donors (Lipinski definition) is 1. The van der Waals surface area contributed by atoms with E-state index in [2.05, 4.69) is 4.98 Å². The molecule has 0 aliphatic heterocycles. The summed E-state index contributed by atoms with van der Waals surface area (Å²) in [5.41, 5.74) is 4.65. The molecule has 6 heteroatoms. The van der Waals surface area contributed by atoms with E-state index in [0.29, 0.717) is 5.58 Å². The summed E-state index contributed by atoms with van der Waals surface area (Å²) in [6.07, 6.45) is -4.38. The molecule has 2 N–H and O–H groups in total. The van der Waals surface area contributed by atoms with E-state index >= 15 is 0 Å². The van der Waals surface area contributed by atoms with E-state index < -0.39 is 17.3 Å². The van der Waals surface area contributed by atoms with E-state index in [9.17, 15) is 13.2 Å². The Hall–Kier alpha value is -1.56. The van der Waals surface area contributed by atoms with Crippen LogP contribution >= 0.6 is 0 Å². The largest absolute Gasteiger partial charge is 0.439 e. The lowest BCUT2D eigenvalue weighted by Gasteiger charge is -2.11. The highest BCUT2D eigenvalue weighted by molar-refractivity contribution is 5.73. The summed E-state index contributed by atoms with van der Waals surface area (Å²) in [6, 6.07) is 3.16. The van der Waals surface area contributed by atoms with Gasteiger partial charge in [-0.15, -0.1) is 0 Å². The fourth-order valence-electron chi connectivity index (χ4n) is 1.38. The van der Waals surface area contributed by atoms with Crippen LogP contribution in [0.1, 0.15) is 25.3 Å². The molecule has 0 radical (unpaired) electrons. The Labute approximate surface area is 95.4 Å². The maximum atomic E-state index is 12.5. The van der Waals surface area contributed by atoms with Crippen LogP contribution in [0.25, 0.3) is 11.1 Å². The standard InChI is InChI=1S/C11H11F3N2O/c1-10(2,15)9-16-7-5-6(11(12,13)14)3-4-8(7)17-9/h3-5H,15H2,1-2H3. The van der Waals surface area contributed by atoms with Gasteiger partial charge in [0.05, 0.1) is 11.1 Å². The quantitative estimate of drug-likeness (QED) is 0.838. The number of aromatic nitrogens is 1. The van der Waals surface area contributed by atoms with E-state index in [1.165, 1.54) is 6.07 Å². The van der Waals surface area contributed by atoms with Crippen molar-refractivity contribution in [1.82, 2.24) is 4.98 Å². The molecular formula is C11H11F3N2O. The molecule has 1 heterocycles. The van der Waals surface area contributed by atoms with E-state index in [-0.39, 0.29) is 11.4 Å². The molecule has 0 amide bonds. The van der Waals surface area contributed by atoms with E-state index in [0.717, 1.165) is 12.1 Å². The molecule has 0 bridgehead atoms. The van der Waals surface area contributed by atoms with Gasteiger partial charge in [0.1, 0.15) is 5.52 Å². The molecule has 3 nitrogen and oxygen atoms in total. The van der Waals surface area contributed by atoms with Gasteiger partial charge in [0.25, 0.3) is 0 Å². The van der Waals surface area contributed by atoms with Crippen molar-refractivity contribution in [1.29, 1.82) is 0 Å². The second-order valence-corrected chi connectivity index (χ2v) is 4.42. The van der Waals surface area contributed by atoms with Crippen molar-refractivity contribution in [2.24, 2.45) is 5.73 Å². The first-order valence-corrected chi connectivity index (χ1v) is 4.95. The second kappa shape index (κ2) is 3.46. The lowest BCUT2D eigenvalue weighted by atomic mass is 10.1. The monoisotopic (exact) mass is 244 g/mol. The van der Waals surface area contributed by atoms with Crippen LogP contribution in [0.2, 0.25) is 0 Å². The maximum absolute atomic E-state index is 12.5. The minimum absolute atomic E-state index is 0.161. The van der Waals surface area contributed by atoms with Crippen molar-refractivity contribution in [2.75, 3.05) is 0 Å². The zero-order chi connectivity index (χ0) is 12.8. The second-order valence-electron chi connectivity index (χ2n) is 4.42. The van der Waals surface area contributed by atoms with Crippen LogP contribution in [0.4, 0.5) is 13.2 Å². The average molecular weight is 244 g/mol. The fraction of sp³-hybridized carbons (Fsp3) is 0.364. The topological polar surface area (TPSA) is 52.0 Å². The summed E-state index contributed by atoms with van der Waals surface area (Å²) in [5.74, 6) is 0.215. The van der Waals surface area contributed by atoms with E-state index in [1.54, 1.807) is 13.8 Å². The van der Waals surface area contributed by atoms with Crippen LogP contribution in [-0.4, -0.2) is 4.98 Å². The van der Waals surface area contributed by atoms with Crippen LogP contribution in [-0.2, 0) is 11.7 Å². The van der Waals surface area contributed by atoms with Gasteiger partial charge < -0.3 is 10.2 Å². The van der Waals surface area contributed by atoms with Crippen LogP contribution in [0.3, 0.4) is 0 Å². The minimum atomic E-state index is -4.38. The molecule has 0 saturated heterocycles. The lowest BCUT2D eigenvalue weighted by molar-refractivity contribution is -0.137. The van der Waals surface area contributed by atoms with E-state index in [4.69, 9.17) is 10.2 Å². The van der Waals surface area contributed by atoms with Crippen molar-refractivity contribution < 1.29 is 17.6 Å². The van der Waals surface area contributed by atoms with Gasteiger partial charge in [-0.25, -0.2) is 4.98 Å². The summed E-state index contributed by atoms with van der Waals surface area (Å²) in [7, 11) is 0. The molecule has 1 aromatic carbocycles. The highest BCUT2D eigenvalue weighted by atomic mass is 19.4. The number of rotatable bonds is 1. The van der Waals surface area contributed by atoms with Crippen LogP contribution in [0.5, 0.6) is 0 Å². The number of alkyl halides is 3. The smallest absolute Gasteiger partial charge is 0.416 e. The summed E-state index contributed by atoms with van der Waals surface area (Å²) >= 11 is 0. The molecular weight excluding hydrogens is 233 g/mol. The first-order chi connectivity index (χ1) is 7.68. The lowest BCUT2D eigenvalue weighted by Crippen LogP contribution is -2.28. The number of hydrogen-bond acceptors (Lipinski definition) is 3. The van der Waals surface area contributed by atoms with Gasteiger partial charge in [0.15, 0.2) is 5.58 Å². The van der Waals surface area contributed by atoms with Crippen LogP contribution < -0.4 is 5.73 Å². The Bertz CT molecular complexity index is 540. The number of oxazole rings is 1. The van der Waals surface area contributed by atoms with E-state index in [1.807, 2.05) is 0 Å². The Morgan fingerprint density at radius 1 is 1.24 bits per heavy atom. The normalized spacial score (nSPS) is 13.3. The highest BCUT2D eigenvalue weighted by Crippen LogP contribution is 2.32. The average Bonchev–Trinajstić information content (AvgIpc) is 2.57. The number of nitrogens with two attached hydrogens (primary N) is 1. The highest BCUT2D eigenvalue weighted by Gasteiger charge is 2.31. The zero-order valence-corrected chi connectivity index (χ0v) is 9.30. The third kappa shape index (κ3) is 2.26. The molecule has 0 aliphatic carbocycles. The number of nitrogens with zero attached hydrogens (tertiary/aromatic N) is 1. The number of halogens is 3. The molecule has 92 valence electrons. The summed E-state index contributed by atoms with van der Waals surface area (Å²) in [4.78, 5) is 3.97. The van der Waals surface area contributed by atoms with Gasteiger partial charge in [-0.1, -0.05) is 0 Å². The molecule has 2 rings (SSSR count). The molecule has 0 spiro atoms. The Morgan fingerprint density at radius 3 is 2.41 bits per heavy atom. The van der Waals surface area contributed by atoms with Gasteiger partial charge in [0, 0.05) is 0 Å². The summed E-state index contributed by atoms with van der Waals surface area (Å²) in [5, 5.41) is 0. The predicted molar refractivity (Wildman–Crippen MR) is 56.2 cm³/mol. The predicted octanol–water partition coefficient (Wildman–Crippen LogP) is 3.04. The van der Waals surface area contributed by atoms with Crippen LogP contribution in [0, 0.1) is 0 Å². The minimum Gasteiger partial charge on any atom is -0.439 e. The molecule has 0 fully saturated rings. The van der Waals surface area contributed by atoms with Crippen molar-refractivity contribution in [3.63, 3.8) is 0 Å². The van der Waals surface area contributed by atoms with Crippen LogP contribution in [0.15, 0.2) is 22.6 Å². The first-order valence-electron chi connectivity index (χ1n) is 4.95. The number of fused-ring (bicyclic) bond motifs is 1. The van der Waals surface area contributed by atoms with Gasteiger partial charge in [-0.05, 0) is 32.0 Å². The van der Waals surface area contributed by atoms with Crippen molar-refractivity contribution in [3.05, 3.63) is 29.7 Å². The van der Waals surface area contributed by atoms with Gasteiger partial charge in [0.2, 0.25) is 5.89 Å². The van der Waals surface area contributed by atoms with Crippen molar-refractivity contribution in [3.8, 4) is 0 Å². The molecule has 1 aromatic heterocycles. The third-order valence-electron chi connectivity index (χ3n) is 2.27. The zero-order valence-electron chi connectivity index (χ0n) is 9.30. The van der Waals surface area contributed by atoms with Crippen molar-refractivity contribution in [2.45, 2.75) is 25.6 Å². The van der Waals surface area contributed by atoms with Gasteiger partial charge >= 0.3 is 6.18 Å². The first kappa shape index (κ1) is 11.9. The summed E-state index contributed by atoms with van der Waals surface area (Å²) in [6.45, 7) is 3.34. The number of benzene rings is 1. The van der Waals surface area contributed by atoms with Gasteiger partial charge in [-0.3, -0.25) is 0 Å².